The van der Waals surface area contributed by atoms with Crippen molar-refractivity contribution in [2.24, 2.45) is 5.92 Å². The van der Waals surface area contributed by atoms with Gasteiger partial charge < -0.3 is 20.3 Å². The summed E-state index contributed by atoms with van der Waals surface area (Å²) in [6.07, 6.45) is 2.86. The number of benzene rings is 1. The lowest BCUT2D eigenvalue weighted by atomic mass is 9.86. The fourth-order valence-corrected chi connectivity index (χ4v) is 5.20. The van der Waals surface area contributed by atoms with Crippen molar-refractivity contribution < 1.29 is 31.9 Å². The van der Waals surface area contributed by atoms with Crippen LogP contribution in [0.15, 0.2) is 18.2 Å². The Bertz CT molecular complexity index is 880. The molecule has 1 aromatic rings. The van der Waals surface area contributed by atoms with Gasteiger partial charge in [0.05, 0.1) is 18.2 Å². The van der Waals surface area contributed by atoms with Gasteiger partial charge >= 0.3 is 6.18 Å². The normalized spacial score (nSPS) is 24.8. The second-order valence-corrected chi connectivity index (χ2v) is 10.0. The molecule has 2 fully saturated rings. The van der Waals surface area contributed by atoms with E-state index in [9.17, 15) is 27.2 Å². The van der Waals surface area contributed by atoms with Gasteiger partial charge in [0.2, 0.25) is 5.91 Å². The van der Waals surface area contributed by atoms with Gasteiger partial charge in [-0.15, -0.1) is 0 Å². The van der Waals surface area contributed by atoms with Gasteiger partial charge in [-0.3, -0.25) is 9.59 Å². The Balaban J connectivity index is 1.39. The molecule has 36 heavy (non-hydrogen) atoms. The van der Waals surface area contributed by atoms with Crippen LogP contribution in [0.25, 0.3) is 0 Å². The molecule has 0 heterocycles. The summed E-state index contributed by atoms with van der Waals surface area (Å²) in [7, 11) is 3.59. The summed E-state index contributed by atoms with van der Waals surface area (Å²) >= 11 is 0. The molecular weight excluding hydrogens is 478 g/mol. The maximum absolute atomic E-state index is 13.1. The highest BCUT2D eigenvalue weighted by Crippen LogP contribution is 2.31. The van der Waals surface area contributed by atoms with Crippen molar-refractivity contribution in [1.82, 2.24) is 15.5 Å². The number of ether oxygens (including phenoxy) is 1. The summed E-state index contributed by atoms with van der Waals surface area (Å²) < 4.78 is 57.6. The van der Waals surface area contributed by atoms with Gasteiger partial charge in [0.25, 0.3) is 5.91 Å². The molecule has 0 saturated heterocycles. The van der Waals surface area contributed by atoms with Crippen molar-refractivity contribution in [3.05, 3.63) is 34.9 Å². The quantitative estimate of drug-likeness (QED) is 0.476. The fourth-order valence-electron chi connectivity index (χ4n) is 5.20. The summed E-state index contributed by atoms with van der Waals surface area (Å²) in [4.78, 5) is 26.9. The third kappa shape index (κ3) is 7.90. The number of carbonyl (C=O) groups is 2. The highest BCUT2D eigenvalue weighted by atomic mass is 19.4. The lowest BCUT2D eigenvalue weighted by molar-refractivity contribution is -0.137. The van der Waals surface area contributed by atoms with E-state index in [1.807, 2.05) is 11.9 Å². The van der Waals surface area contributed by atoms with Gasteiger partial charge in [-0.05, 0) is 81.0 Å². The molecule has 0 radical (unpaired) electrons. The van der Waals surface area contributed by atoms with Crippen molar-refractivity contribution in [1.29, 1.82) is 0 Å². The highest BCUT2D eigenvalue weighted by Gasteiger charge is 2.32. The molecule has 2 N–H and O–H groups in total. The second kappa shape index (κ2) is 12.9. The third-order valence-electron chi connectivity index (χ3n) is 7.59. The van der Waals surface area contributed by atoms with E-state index in [1.54, 1.807) is 7.11 Å². The van der Waals surface area contributed by atoms with Crippen LogP contribution in [0, 0.1) is 5.92 Å². The molecule has 0 aromatic heterocycles. The molecule has 2 saturated carbocycles. The molecule has 2 aliphatic carbocycles. The van der Waals surface area contributed by atoms with E-state index in [1.165, 1.54) is 0 Å². The zero-order chi connectivity index (χ0) is 26.3. The van der Waals surface area contributed by atoms with Gasteiger partial charge in [0.1, 0.15) is 6.67 Å². The van der Waals surface area contributed by atoms with Gasteiger partial charge in [-0.2, -0.15) is 13.2 Å². The van der Waals surface area contributed by atoms with E-state index >= 15 is 0 Å². The van der Waals surface area contributed by atoms with Gasteiger partial charge in [0, 0.05) is 38.3 Å². The first-order valence-corrected chi connectivity index (χ1v) is 12.7. The number of halogens is 4. The molecule has 2 amide bonds. The Morgan fingerprint density at radius 1 is 1.03 bits per heavy atom. The summed E-state index contributed by atoms with van der Waals surface area (Å²) in [5, 5.41) is 6.06. The zero-order valence-electron chi connectivity index (χ0n) is 21.0. The number of nitrogens with zero attached hydrogens (tertiary/aromatic N) is 1. The third-order valence-corrected chi connectivity index (χ3v) is 7.59. The fraction of sp³-hybridized carbons (Fsp3) is 0.692. The number of carbonyl (C=O) groups excluding carboxylic acids is 2. The monoisotopic (exact) mass is 515 g/mol. The van der Waals surface area contributed by atoms with Gasteiger partial charge in [0.15, 0.2) is 0 Å². The number of amides is 2. The maximum Gasteiger partial charge on any atom is 0.416 e. The number of methoxy groups -OCH3 is 1. The Kier molecular flexibility index (Phi) is 10.1. The number of hydrogen-bond donors (Lipinski definition) is 2. The van der Waals surface area contributed by atoms with E-state index in [-0.39, 0.29) is 35.0 Å². The minimum absolute atomic E-state index is 0.0824. The molecule has 0 spiro atoms. The Labute approximate surface area is 210 Å². The average molecular weight is 516 g/mol. The first-order valence-electron chi connectivity index (χ1n) is 12.7. The summed E-state index contributed by atoms with van der Waals surface area (Å²) in [6, 6.07) is 3.10. The zero-order valence-corrected chi connectivity index (χ0v) is 21.0. The van der Waals surface area contributed by atoms with Crippen molar-refractivity contribution in [2.45, 2.75) is 82.4 Å². The molecule has 6 nitrogen and oxygen atoms in total. The first kappa shape index (κ1) is 28.4. The van der Waals surface area contributed by atoms with Crippen LogP contribution in [0.4, 0.5) is 17.6 Å². The number of nitrogens with one attached hydrogen (secondary N) is 2. The summed E-state index contributed by atoms with van der Waals surface area (Å²) in [6.45, 7) is -0.438. The Hall–Kier alpha value is -2.20. The predicted molar refractivity (Wildman–Crippen MR) is 128 cm³/mol. The summed E-state index contributed by atoms with van der Waals surface area (Å²) in [5.74, 6) is -0.351. The minimum atomic E-state index is -4.65. The summed E-state index contributed by atoms with van der Waals surface area (Å²) in [5.41, 5.74) is -1.40. The van der Waals surface area contributed by atoms with E-state index < -0.39 is 24.3 Å². The molecule has 2 aliphatic rings. The van der Waals surface area contributed by atoms with Gasteiger partial charge in [-0.1, -0.05) is 0 Å². The maximum atomic E-state index is 13.1. The second-order valence-electron chi connectivity index (χ2n) is 10.0. The standard InChI is InChI=1S/C26H37F4N3O3/c1-33(22-7-9-23(36-2)10-8-22)24(34)16-31-21-5-3-17(4-6-21)15-32-25(35)19-11-18(14-27)12-20(13-19)26(28,29)30/h11-13,17,21-23,31H,3-10,14-16H2,1-2H3,(H,32,35)/t17-,21+,22?,23?. The van der Waals surface area contributed by atoms with Crippen molar-refractivity contribution in [3.8, 4) is 0 Å². The van der Waals surface area contributed by atoms with E-state index in [4.69, 9.17) is 4.74 Å². The van der Waals surface area contributed by atoms with Crippen LogP contribution in [0.3, 0.4) is 0 Å². The van der Waals surface area contributed by atoms with E-state index in [2.05, 4.69) is 10.6 Å². The number of alkyl halides is 4. The molecule has 10 heteroatoms. The lowest BCUT2D eigenvalue weighted by Crippen LogP contribution is -2.46. The van der Waals surface area contributed by atoms with Crippen LogP contribution < -0.4 is 10.6 Å². The Morgan fingerprint density at radius 2 is 1.69 bits per heavy atom. The first-order chi connectivity index (χ1) is 17.1. The topological polar surface area (TPSA) is 70.7 Å². The number of hydrogen-bond acceptors (Lipinski definition) is 4. The average Bonchev–Trinajstić information content (AvgIpc) is 2.89. The smallest absolute Gasteiger partial charge is 0.381 e. The molecule has 0 unspecified atom stereocenters. The van der Waals surface area contributed by atoms with Crippen LogP contribution in [-0.2, 0) is 22.4 Å². The lowest BCUT2D eigenvalue weighted by Gasteiger charge is -2.35. The van der Waals surface area contributed by atoms with Crippen LogP contribution in [0.2, 0.25) is 0 Å². The van der Waals surface area contributed by atoms with Crippen molar-refractivity contribution in [2.75, 3.05) is 27.2 Å². The van der Waals surface area contributed by atoms with E-state index in [0.29, 0.717) is 19.2 Å². The van der Waals surface area contributed by atoms with Crippen molar-refractivity contribution in [3.63, 3.8) is 0 Å². The van der Waals surface area contributed by atoms with Crippen LogP contribution in [0.5, 0.6) is 0 Å². The van der Waals surface area contributed by atoms with Crippen LogP contribution in [0.1, 0.15) is 72.9 Å². The number of likely N-dealkylation sites (N-methyl/N-ethyl adjacent to an activating group) is 1. The van der Waals surface area contributed by atoms with Crippen LogP contribution >= 0.6 is 0 Å². The molecule has 202 valence electrons. The molecule has 3 rings (SSSR count). The Morgan fingerprint density at radius 3 is 2.28 bits per heavy atom. The van der Waals surface area contributed by atoms with E-state index in [0.717, 1.165) is 69.6 Å². The largest absolute Gasteiger partial charge is 0.416 e. The van der Waals surface area contributed by atoms with Crippen molar-refractivity contribution >= 4 is 11.8 Å². The van der Waals surface area contributed by atoms with Gasteiger partial charge in [-0.25, -0.2) is 4.39 Å². The molecule has 0 bridgehead atoms. The molecule has 1 aromatic carbocycles. The minimum Gasteiger partial charge on any atom is -0.381 e. The SMILES string of the molecule is COC1CCC(N(C)C(=O)CN[C@H]2CC[C@@H](CNC(=O)c3cc(CF)cc(C(F)(F)F)c3)CC2)CC1. The molecule has 0 atom stereocenters. The number of rotatable bonds is 9. The molecule has 0 aliphatic heterocycles. The highest BCUT2D eigenvalue weighted by molar-refractivity contribution is 5.94. The predicted octanol–water partition coefficient (Wildman–Crippen LogP) is 4.47. The molecular formula is C26H37F4N3O3. The van der Waals surface area contributed by atoms with Crippen LogP contribution in [-0.4, -0.2) is 62.1 Å².